The number of rotatable bonds is 4. The number of carbonyl (C=O) groups excluding carboxylic acids is 1. The molecule has 6 heteroatoms. The summed E-state index contributed by atoms with van der Waals surface area (Å²) in [5.41, 5.74) is 1.31. The first-order valence-electron chi connectivity index (χ1n) is 8.91. The molecule has 0 N–H and O–H groups in total. The molecule has 0 saturated carbocycles. The van der Waals surface area contributed by atoms with Crippen LogP contribution in [0.15, 0.2) is 83.7 Å². The van der Waals surface area contributed by atoms with Crippen LogP contribution in [0, 0.1) is 11.3 Å². The van der Waals surface area contributed by atoms with E-state index in [9.17, 15) is 14.9 Å². The standard InChI is InChI=1S/C23H15N3O3/c24-14-16-8-4-5-9-17(16)15-29-23(28)21-19-12-6-7-13-20(19)22(27)26(25-21)18-10-2-1-3-11-18/h1-13H,15H2. The summed E-state index contributed by atoms with van der Waals surface area (Å²) in [6, 6.07) is 24.6. The van der Waals surface area contributed by atoms with Crippen LogP contribution in [0.25, 0.3) is 16.5 Å². The Labute approximate surface area is 166 Å². The monoisotopic (exact) mass is 381 g/mol. The third-order valence-corrected chi connectivity index (χ3v) is 4.50. The summed E-state index contributed by atoms with van der Waals surface area (Å²) in [5, 5.41) is 14.3. The summed E-state index contributed by atoms with van der Waals surface area (Å²) in [4.78, 5) is 25.7. The Bertz CT molecular complexity index is 1300. The van der Waals surface area contributed by atoms with Crippen LogP contribution in [0.3, 0.4) is 0 Å². The van der Waals surface area contributed by atoms with Crippen LogP contribution in [0.2, 0.25) is 0 Å². The van der Waals surface area contributed by atoms with Gasteiger partial charge in [0.05, 0.1) is 22.7 Å². The lowest BCUT2D eigenvalue weighted by atomic mass is 10.1. The molecule has 1 aromatic heterocycles. The average Bonchev–Trinajstić information content (AvgIpc) is 2.78. The molecule has 0 amide bonds. The van der Waals surface area contributed by atoms with Crippen LogP contribution in [-0.2, 0) is 11.3 Å². The highest BCUT2D eigenvalue weighted by Gasteiger charge is 2.19. The molecule has 0 atom stereocenters. The molecule has 6 nitrogen and oxygen atoms in total. The van der Waals surface area contributed by atoms with Crippen molar-refractivity contribution in [2.75, 3.05) is 0 Å². The van der Waals surface area contributed by atoms with E-state index in [-0.39, 0.29) is 17.9 Å². The summed E-state index contributed by atoms with van der Waals surface area (Å²) in [6.07, 6.45) is 0. The van der Waals surface area contributed by atoms with E-state index in [1.54, 1.807) is 72.8 Å². The van der Waals surface area contributed by atoms with Crippen molar-refractivity contribution >= 4 is 16.7 Å². The fourth-order valence-electron chi connectivity index (χ4n) is 3.05. The van der Waals surface area contributed by atoms with Gasteiger partial charge in [0.2, 0.25) is 0 Å². The number of hydrogen-bond acceptors (Lipinski definition) is 5. The fourth-order valence-corrected chi connectivity index (χ4v) is 3.05. The molecule has 140 valence electrons. The third kappa shape index (κ3) is 3.49. The minimum Gasteiger partial charge on any atom is -0.456 e. The average molecular weight is 381 g/mol. The minimum absolute atomic E-state index is 0.0403. The van der Waals surface area contributed by atoms with Gasteiger partial charge in [-0.3, -0.25) is 4.79 Å². The first-order chi connectivity index (χ1) is 14.2. The van der Waals surface area contributed by atoms with E-state index in [1.165, 1.54) is 4.68 Å². The van der Waals surface area contributed by atoms with E-state index < -0.39 is 5.97 Å². The Hall–Kier alpha value is -4.24. The van der Waals surface area contributed by atoms with E-state index in [2.05, 4.69) is 11.2 Å². The first kappa shape index (κ1) is 18.1. The van der Waals surface area contributed by atoms with Gasteiger partial charge in [-0.1, -0.05) is 54.6 Å². The van der Waals surface area contributed by atoms with Crippen LogP contribution < -0.4 is 5.56 Å². The molecule has 0 aliphatic rings. The second kappa shape index (κ2) is 7.79. The zero-order valence-corrected chi connectivity index (χ0v) is 15.3. The topological polar surface area (TPSA) is 85.0 Å². The van der Waals surface area contributed by atoms with E-state index in [1.807, 2.05) is 6.07 Å². The lowest BCUT2D eigenvalue weighted by Crippen LogP contribution is -2.25. The number of esters is 1. The fraction of sp³-hybridized carbons (Fsp3) is 0.0435. The lowest BCUT2D eigenvalue weighted by molar-refractivity contribution is 0.0466. The van der Waals surface area contributed by atoms with E-state index in [0.29, 0.717) is 27.6 Å². The van der Waals surface area contributed by atoms with Crippen molar-refractivity contribution in [2.24, 2.45) is 0 Å². The number of nitrogens with zero attached hydrogens (tertiary/aromatic N) is 3. The predicted molar refractivity (Wildman–Crippen MR) is 108 cm³/mol. The maximum atomic E-state index is 12.9. The molecular weight excluding hydrogens is 366 g/mol. The molecule has 4 aromatic rings. The lowest BCUT2D eigenvalue weighted by Gasteiger charge is -2.11. The summed E-state index contributed by atoms with van der Waals surface area (Å²) in [5.74, 6) is -0.668. The number of benzene rings is 3. The molecule has 0 fully saturated rings. The molecule has 0 spiro atoms. The van der Waals surface area contributed by atoms with Crippen molar-refractivity contribution in [3.63, 3.8) is 0 Å². The van der Waals surface area contributed by atoms with Crippen molar-refractivity contribution in [3.05, 3.63) is 106 Å². The van der Waals surface area contributed by atoms with Crippen LogP contribution >= 0.6 is 0 Å². The van der Waals surface area contributed by atoms with Gasteiger partial charge in [-0.05, 0) is 24.3 Å². The molecule has 1 heterocycles. The second-order valence-electron chi connectivity index (χ2n) is 6.29. The SMILES string of the molecule is N#Cc1ccccc1COC(=O)c1nn(-c2ccccc2)c(=O)c2ccccc12. The number of aromatic nitrogens is 2. The maximum absolute atomic E-state index is 12.9. The van der Waals surface area contributed by atoms with Gasteiger partial charge in [-0.25, -0.2) is 4.79 Å². The van der Waals surface area contributed by atoms with E-state index >= 15 is 0 Å². The van der Waals surface area contributed by atoms with Gasteiger partial charge in [0.15, 0.2) is 5.69 Å². The Kier molecular flexibility index (Phi) is 4.87. The van der Waals surface area contributed by atoms with Crippen LogP contribution in [0.1, 0.15) is 21.6 Å². The molecule has 4 rings (SSSR count). The Morgan fingerprint density at radius 2 is 1.59 bits per heavy atom. The minimum atomic E-state index is -0.668. The van der Waals surface area contributed by atoms with E-state index in [0.717, 1.165) is 0 Å². The van der Waals surface area contributed by atoms with E-state index in [4.69, 9.17) is 4.74 Å². The smallest absolute Gasteiger partial charge is 0.359 e. The third-order valence-electron chi connectivity index (χ3n) is 4.50. The molecule has 0 aliphatic heterocycles. The van der Waals surface area contributed by atoms with Gasteiger partial charge < -0.3 is 4.74 Å². The zero-order valence-electron chi connectivity index (χ0n) is 15.3. The normalized spacial score (nSPS) is 10.4. The van der Waals surface area contributed by atoms with Crippen LogP contribution in [0.5, 0.6) is 0 Å². The molecule has 0 aliphatic carbocycles. The number of fused-ring (bicyclic) bond motifs is 1. The van der Waals surface area contributed by atoms with Crippen LogP contribution in [-0.4, -0.2) is 15.7 Å². The van der Waals surface area contributed by atoms with Crippen molar-refractivity contribution in [1.29, 1.82) is 5.26 Å². The molecular formula is C23H15N3O3. The number of hydrogen-bond donors (Lipinski definition) is 0. The van der Waals surface area contributed by atoms with Crippen molar-refractivity contribution in [2.45, 2.75) is 6.61 Å². The van der Waals surface area contributed by atoms with Gasteiger partial charge in [0.25, 0.3) is 5.56 Å². The summed E-state index contributed by atoms with van der Waals surface area (Å²) < 4.78 is 6.62. The molecule has 0 radical (unpaired) electrons. The molecule has 0 saturated heterocycles. The molecule has 3 aromatic carbocycles. The molecule has 0 unspecified atom stereocenters. The molecule has 0 bridgehead atoms. The highest BCUT2D eigenvalue weighted by atomic mass is 16.5. The highest BCUT2D eigenvalue weighted by molar-refractivity contribution is 6.02. The maximum Gasteiger partial charge on any atom is 0.359 e. The zero-order chi connectivity index (χ0) is 20.2. The quantitative estimate of drug-likeness (QED) is 0.504. The van der Waals surface area contributed by atoms with Gasteiger partial charge >= 0.3 is 5.97 Å². The largest absolute Gasteiger partial charge is 0.456 e. The number of ether oxygens (including phenoxy) is 1. The van der Waals surface area contributed by atoms with Crippen LogP contribution in [0.4, 0.5) is 0 Å². The number of para-hydroxylation sites is 1. The predicted octanol–water partition coefficient (Wildman–Crippen LogP) is 3.61. The van der Waals surface area contributed by atoms with Gasteiger partial charge in [-0.15, -0.1) is 0 Å². The van der Waals surface area contributed by atoms with Crippen molar-refractivity contribution < 1.29 is 9.53 Å². The highest BCUT2D eigenvalue weighted by Crippen LogP contribution is 2.17. The Morgan fingerprint density at radius 3 is 2.34 bits per heavy atom. The Morgan fingerprint density at radius 1 is 0.931 bits per heavy atom. The first-order valence-corrected chi connectivity index (χ1v) is 8.91. The van der Waals surface area contributed by atoms with Gasteiger partial charge in [-0.2, -0.15) is 15.0 Å². The summed E-state index contributed by atoms with van der Waals surface area (Å²) in [7, 11) is 0. The molecule has 29 heavy (non-hydrogen) atoms. The van der Waals surface area contributed by atoms with Crippen molar-refractivity contribution in [1.82, 2.24) is 9.78 Å². The number of carbonyl (C=O) groups is 1. The number of nitriles is 1. The summed E-state index contributed by atoms with van der Waals surface area (Å²) >= 11 is 0. The Balaban J connectivity index is 1.77. The van der Waals surface area contributed by atoms with Gasteiger partial charge in [0, 0.05) is 10.9 Å². The summed E-state index contributed by atoms with van der Waals surface area (Å²) in [6.45, 7) is -0.0664. The second-order valence-corrected chi connectivity index (χ2v) is 6.29. The van der Waals surface area contributed by atoms with Crippen molar-refractivity contribution in [3.8, 4) is 11.8 Å². The van der Waals surface area contributed by atoms with Gasteiger partial charge in [0.1, 0.15) is 6.61 Å².